The van der Waals surface area contributed by atoms with Gasteiger partial charge in [0.25, 0.3) is 0 Å². The van der Waals surface area contributed by atoms with Gasteiger partial charge in [0.15, 0.2) is 0 Å². The number of allylic oxidation sites excluding steroid dienone is 8. The summed E-state index contributed by atoms with van der Waals surface area (Å²) in [7, 11) is 0. The van der Waals surface area contributed by atoms with E-state index in [1.54, 1.807) is 6.56 Å². The zero-order chi connectivity index (χ0) is 21.9. The molecule has 2 aromatic rings. The van der Waals surface area contributed by atoms with Crippen molar-refractivity contribution in [2.75, 3.05) is 0 Å². The average Bonchev–Trinajstić information content (AvgIpc) is 3.26. The Balaban J connectivity index is 2.39. The third-order valence-electron chi connectivity index (χ3n) is 9.30. The van der Waals surface area contributed by atoms with E-state index in [0.717, 1.165) is 12.8 Å². The van der Waals surface area contributed by atoms with Crippen molar-refractivity contribution >= 4 is 13.4 Å². The molecule has 0 amide bonds. The second kappa shape index (κ2) is 5.84. The summed E-state index contributed by atoms with van der Waals surface area (Å²) < 4.78 is 11.9. The molecule has 0 bridgehead atoms. The SMILES string of the molecule is CC1=CC(C)=[C]([Zr]([CH3])([CH3])(=[SiH2])([C]2=C(C)C=C(C)C2)([c]2ccccc2)[c]2ccccc2)C1. The first-order chi connectivity index (χ1) is 13.9. The zero-order valence-electron chi connectivity index (χ0n) is 19.5. The molecule has 0 saturated heterocycles. The summed E-state index contributed by atoms with van der Waals surface area (Å²) in [6.07, 6.45) is 7.03. The standard InChI is InChI=1S/2C7H9.2C6H5.2CH3.H2Si.Zr/c2*1-6-3-4-7(2)5-6;2*1-2-4-6-5-3-1;;;;/h2*5H,3H2,1-2H3;2*1-5H;2*1H3;1H2;. The van der Waals surface area contributed by atoms with E-state index in [4.69, 9.17) is 0 Å². The summed E-state index contributed by atoms with van der Waals surface area (Å²) in [6.45, 7) is 11.7. The third kappa shape index (κ3) is 2.30. The monoisotopic (exact) mass is 490 g/mol. The maximum absolute atomic E-state index is 5.22. The molecule has 0 saturated carbocycles. The van der Waals surface area contributed by atoms with Crippen molar-refractivity contribution in [3.8, 4) is 0 Å². The van der Waals surface area contributed by atoms with Crippen molar-refractivity contribution < 1.29 is 14.4 Å². The molecule has 0 radical (unpaired) electrons. The van der Waals surface area contributed by atoms with Crippen molar-refractivity contribution in [3.05, 3.63) is 102 Å². The Hall–Kier alpha value is -1.50. The predicted molar refractivity (Wildman–Crippen MR) is 135 cm³/mol. The minimum absolute atomic E-state index is 1.07. The van der Waals surface area contributed by atoms with Crippen molar-refractivity contribution in [2.45, 2.75) is 49.8 Å². The molecule has 0 aromatic heterocycles. The van der Waals surface area contributed by atoms with Crippen LogP contribution in [0.2, 0.25) is 9.26 Å². The van der Waals surface area contributed by atoms with E-state index in [0.29, 0.717) is 0 Å². The fraction of sp³-hybridized carbons (Fsp3) is 0.286. The molecule has 0 nitrogen and oxygen atoms in total. The van der Waals surface area contributed by atoms with Gasteiger partial charge in [-0.05, 0) is 0 Å². The fourth-order valence-corrected chi connectivity index (χ4v) is 41.7. The van der Waals surface area contributed by atoms with Crippen LogP contribution < -0.4 is 6.54 Å². The second-order valence-electron chi connectivity index (χ2n) is 12.1. The molecule has 2 heteroatoms. The van der Waals surface area contributed by atoms with Gasteiger partial charge in [0.1, 0.15) is 0 Å². The molecule has 4 rings (SSSR count). The van der Waals surface area contributed by atoms with Crippen LogP contribution in [0.15, 0.2) is 102 Å². The van der Waals surface area contributed by atoms with Gasteiger partial charge in [0.2, 0.25) is 0 Å². The van der Waals surface area contributed by atoms with Crippen LogP contribution in [0, 0.1) is 0 Å². The van der Waals surface area contributed by atoms with Gasteiger partial charge in [-0.1, -0.05) is 0 Å². The first kappa shape index (κ1) is 21.7. The fourth-order valence-electron chi connectivity index (χ4n) is 7.58. The molecule has 0 heterocycles. The van der Waals surface area contributed by atoms with Gasteiger partial charge in [0, 0.05) is 0 Å². The van der Waals surface area contributed by atoms with Crippen LogP contribution in [0.3, 0.4) is 0 Å². The maximum atomic E-state index is 2.73. The van der Waals surface area contributed by atoms with Crippen molar-refractivity contribution in [3.63, 3.8) is 0 Å². The quantitative estimate of drug-likeness (QED) is 0.441. The average molecular weight is 492 g/mol. The normalized spacial score (nSPS) is 20.9. The van der Waals surface area contributed by atoms with Crippen LogP contribution in [0.1, 0.15) is 40.5 Å². The van der Waals surface area contributed by atoms with Crippen molar-refractivity contribution in [1.82, 2.24) is 0 Å². The van der Waals surface area contributed by atoms with Crippen LogP contribution in [-0.4, -0.2) is 6.88 Å². The van der Waals surface area contributed by atoms with Crippen molar-refractivity contribution in [1.29, 1.82) is 0 Å². The molecule has 156 valence electrons. The van der Waals surface area contributed by atoms with Crippen molar-refractivity contribution in [2.24, 2.45) is 0 Å². The van der Waals surface area contributed by atoms with Crippen LogP contribution in [0.5, 0.6) is 0 Å². The van der Waals surface area contributed by atoms with Crippen LogP contribution in [0.4, 0.5) is 0 Å². The molecular formula is C28H36SiZr. The van der Waals surface area contributed by atoms with E-state index in [1.807, 2.05) is 0 Å². The molecule has 0 atom stereocenters. The predicted octanol–water partition coefficient (Wildman–Crippen LogP) is 6.29. The van der Waals surface area contributed by atoms with E-state index < -0.39 is 14.4 Å². The van der Waals surface area contributed by atoms with E-state index in [9.17, 15) is 0 Å². The molecule has 0 spiro atoms. The summed E-state index contributed by atoms with van der Waals surface area (Å²) in [5.41, 5.74) is 5.93. The Labute approximate surface area is 178 Å². The van der Waals surface area contributed by atoms with Crippen LogP contribution in [-0.2, 0) is 14.4 Å². The van der Waals surface area contributed by atoms with Gasteiger partial charge in [0.05, 0.1) is 0 Å². The second-order valence-corrected chi connectivity index (χ2v) is 57.5. The first-order valence-electron chi connectivity index (χ1n) is 11.2. The van der Waals surface area contributed by atoms with Gasteiger partial charge < -0.3 is 0 Å². The van der Waals surface area contributed by atoms with Gasteiger partial charge >= 0.3 is 179 Å². The van der Waals surface area contributed by atoms with E-state index >= 15 is 0 Å². The molecule has 2 aromatic carbocycles. The summed E-state index contributed by atoms with van der Waals surface area (Å²) in [5, 5.41) is 0. The zero-order valence-corrected chi connectivity index (χ0v) is 23.4. The Morgan fingerprint density at radius 3 is 1.20 bits per heavy atom. The Bertz CT molecular complexity index is 1220. The molecule has 0 N–H and O–H groups in total. The molecule has 0 unspecified atom stereocenters. The van der Waals surface area contributed by atoms with Crippen LogP contribution >= 0.6 is 0 Å². The molecule has 2 aliphatic carbocycles. The molecule has 0 fully saturated rings. The number of hydrogen-bond acceptors (Lipinski definition) is 0. The van der Waals surface area contributed by atoms with Gasteiger partial charge in [-0.2, -0.15) is 0 Å². The Morgan fingerprint density at radius 1 is 0.600 bits per heavy atom. The summed E-state index contributed by atoms with van der Waals surface area (Å²) in [6, 6.07) is 23.1. The van der Waals surface area contributed by atoms with Crippen LogP contribution in [0.25, 0.3) is 0 Å². The Kier molecular flexibility index (Phi) is 4.23. The molecule has 30 heavy (non-hydrogen) atoms. The molecular weight excluding hydrogens is 456 g/mol. The summed E-state index contributed by atoms with van der Waals surface area (Å²) in [4.78, 5) is 0. The van der Waals surface area contributed by atoms with E-state index in [-0.39, 0.29) is 0 Å². The van der Waals surface area contributed by atoms with E-state index in [1.165, 1.54) is 28.8 Å². The number of hydrogen-bond donors (Lipinski definition) is 0. The topological polar surface area (TPSA) is 0 Å². The third-order valence-corrected chi connectivity index (χ3v) is 48.1. The van der Waals surface area contributed by atoms with Gasteiger partial charge in [-0.25, -0.2) is 0 Å². The minimum atomic E-state index is -5.22. The van der Waals surface area contributed by atoms with Gasteiger partial charge in [-0.3, -0.25) is 0 Å². The Morgan fingerprint density at radius 2 is 0.933 bits per heavy atom. The first-order valence-corrected chi connectivity index (χ1v) is 27.0. The van der Waals surface area contributed by atoms with E-state index in [2.05, 4.69) is 117 Å². The summed E-state index contributed by atoms with van der Waals surface area (Å²) in [5.74, 6) is 0. The number of benzene rings is 2. The van der Waals surface area contributed by atoms with Gasteiger partial charge in [-0.15, -0.1) is 0 Å². The molecule has 2 aliphatic rings. The summed E-state index contributed by atoms with van der Waals surface area (Å²) >= 11 is -5.22. The number of rotatable bonds is 4. The molecule has 0 aliphatic heterocycles.